The number of nitrogens with two attached hydrogens (primary N) is 1. The first-order valence-corrected chi connectivity index (χ1v) is 7.81. The zero-order valence-corrected chi connectivity index (χ0v) is 14.4. The van der Waals surface area contributed by atoms with Crippen LogP contribution in [0.5, 0.6) is 0 Å². The zero-order chi connectivity index (χ0) is 14.4. The summed E-state index contributed by atoms with van der Waals surface area (Å²) in [5.74, 6) is 0.394. The average molecular weight is 437 g/mol. The number of benzene rings is 2. The number of nitrogens with zero attached hydrogens (tertiary/aromatic N) is 1. The molecule has 20 heavy (non-hydrogen) atoms. The van der Waals surface area contributed by atoms with Crippen LogP contribution in [0, 0.1) is 0 Å². The maximum atomic E-state index is 6.16. The Morgan fingerprint density at radius 1 is 1.15 bits per heavy atom. The van der Waals surface area contributed by atoms with Gasteiger partial charge in [-0.05, 0) is 56.1 Å². The Balaban J connectivity index is 2.28. The van der Waals surface area contributed by atoms with Crippen molar-refractivity contribution in [3.05, 3.63) is 43.3 Å². The van der Waals surface area contributed by atoms with Crippen molar-refractivity contribution in [3.8, 4) is 11.5 Å². The summed E-state index contributed by atoms with van der Waals surface area (Å²) in [4.78, 5) is 4.42. The van der Waals surface area contributed by atoms with Gasteiger partial charge in [-0.1, -0.05) is 23.2 Å². The normalized spacial score (nSPS) is 11.2. The Bertz CT molecular complexity index is 833. The van der Waals surface area contributed by atoms with Crippen molar-refractivity contribution in [1.29, 1.82) is 0 Å². The molecule has 3 rings (SSSR count). The molecular formula is C13H6Br2Cl2N2O. The van der Waals surface area contributed by atoms with Crippen LogP contribution in [0.25, 0.3) is 22.6 Å². The molecule has 1 heterocycles. The predicted octanol–water partition coefficient (Wildman–Crippen LogP) is 5.91. The highest BCUT2D eigenvalue weighted by molar-refractivity contribution is 9.11. The molecule has 0 saturated carbocycles. The summed E-state index contributed by atoms with van der Waals surface area (Å²) in [6.45, 7) is 0. The van der Waals surface area contributed by atoms with Crippen LogP contribution in [0.1, 0.15) is 0 Å². The summed E-state index contributed by atoms with van der Waals surface area (Å²) in [6, 6.07) is 6.91. The smallest absolute Gasteiger partial charge is 0.228 e. The number of fused-ring (bicyclic) bond motifs is 1. The van der Waals surface area contributed by atoms with Gasteiger partial charge in [0.25, 0.3) is 0 Å². The van der Waals surface area contributed by atoms with Crippen molar-refractivity contribution < 1.29 is 4.42 Å². The van der Waals surface area contributed by atoms with E-state index in [9.17, 15) is 0 Å². The van der Waals surface area contributed by atoms with Crippen molar-refractivity contribution in [2.75, 3.05) is 5.73 Å². The van der Waals surface area contributed by atoms with Crippen LogP contribution in [0.2, 0.25) is 10.0 Å². The summed E-state index contributed by atoms with van der Waals surface area (Å²) < 4.78 is 7.15. The quantitative estimate of drug-likeness (QED) is 0.482. The van der Waals surface area contributed by atoms with Crippen molar-refractivity contribution in [1.82, 2.24) is 4.98 Å². The molecule has 0 spiro atoms. The minimum Gasteiger partial charge on any atom is -0.435 e. The van der Waals surface area contributed by atoms with E-state index < -0.39 is 0 Å². The molecule has 0 aliphatic heterocycles. The van der Waals surface area contributed by atoms with E-state index in [1.165, 1.54) is 0 Å². The molecule has 102 valence electrons. The topological polar surface area (TPSA) is 52.0 Å². The fraction of sp³-hybridized carbons (Fsp3) is 0. The molecule has 1 aromatic heterocycles. The maximum absolute atomic E-state index is 6.16. The van der Waals surface area contributed by atoms with Gasteiger partial charge in [0.1, 0.15) is 5.52 Å². The summed E-state index contributed by atoms with van der Waals surface area (Å²) >= 11 is 18.9. The number of aromatic nitrogens is 1. The molecule has 0 atom stereocenters. The van der Waals surface area contributed by atoms with Crippen LogP contribution in [0.4, 0.5) is 5.69 Å². The molecule has 0 saturated heterocycles. The molecule has 0 radical (unpaired) electrons. The van der Waals surface area contributed by atoms with Gasteiger partial charge in [0, 0.05) is 9.50 Å². The second kappa shape index (κ2) is 5.22. The van der Waals surface area contributed by atoms with Gasteiger partial charge in [-0.15, -0.1) is 0 Å². The van der Waals surface area contributed by atoms with Crippen molar-refractivity contribution in [3.63, 3.8) is 0 Å². The lowest BCUT2D eigenvalue weighted by Gasteiger charge is -2.00. The van der Waals surface area contributed by atoms with Crippen LogP contribution >= 0.6 is 55.1 Å². The second-order valence-electron chi connectivity index (χ2n) is 4.08. The van der Waals surface area contributed by atoms with Crippen molar-refractivity contribution in [2.45, 2.75) is 0 Å². The van der Waals surface area contributed by atoms with Gasteiger partial charge in [-0.3, -0.25) is 0 Å². The molecule has 0 unspecified atom stereocenters. The molecular weight excluding hydrogens is 431 g/mol. The lowest BCUT2D eigenvalue weighted by molar-refractivity contribution is 0.618. The zero-order valence-electron chi connectivity index (χ0n) is 9.75. The monoisotopic (exact) mass is 434 g/mol. The maximum Gasteiger partial charge on any atom is 0.228 e. The van der Waals surface area contributed by atoms with E-state index in [2.05, 4.69) is 36.8 Å². The van der Waals surface area contributed by atoms with E-state index >= 15 is 0 Å². The summed E-state index contributed by atoms with van der Waals surface area (Å²) in [6.07, 6.45) is 0. The van der Waals surface area contributed by atoms with Gasteiger partial charge in [-0.2, -0.15) is 0 Å². The fourth-order valence-corrected chi connectivity index (χ4v) is 3.34. The average Bonchev–Trinajstić information content (AvgIpc) is 2.83. The summed E-state index contributed by atoms with van der Waals surface area (Å²) in [7, 11) is 0. The Labute approximate surface area is 141 Å². The highest BCUT2D eigenvalue weighted by Crippen LogP contribution is 2.39. The van der Waals surface area contributed by atoms with E-state index in [-0.39, 0.29) is 0 Å². The van der Waals surface area contributed by atoms with Crippen LogP contribution < -0.4 is 5.73 Å². The van der Waals surface area contributed by atoms with Gasteiger partial charge in [0.2, 0.25) is 5.89 Å². The van der Waals surface area contributed by atoms with E-state index in [1.54, 1.807) is 24.3 Å². The molecule has 0 fully saturated rings. The van der Waals surface area contributed by atoms with Gasteiger partial charge in [0.05, 0.1) is 20.7 Å². The fourth-order valence-electron chi connectivity index (χ4n) is 1.79. The van der Waals surface area contributed by atoms with Crippen molar-refractivity contribution >= 4 is 71.8 Å². The number of nitrogen functional groups attached to an aromatic ring is 1. The van der Waals surface area contributed by atoms with E-state index in [1.807, 2.05) is 0 Å². The first-order valence-electron chi connectivity index (χ1n) is 5.47. The third-order valence-corrected chi connectivity index (χ3v) is 4.78. The lowest BCUT2D eigenvalue weighted by atomic mass is 10.2. The molecule has 0 aliphatic rings. The largest absolute Gasteiger partial charge is 0.435 e. The SMILES string of the molecule is Nc1c(Br)cc2nc(-c3cc(Cl)ccc3Cl)oc2c1Br. The third-order valence-electron chi connectivity index (χ3n) is 2.77. The van der Waals surface area contributed by atoms with Crippen LogP contribution in [0.3, 0.4) is 0 Å². The molecule has 0 bridgehead atoms. The standard InChI is InChI=1S/C13H6Br2Cl2N2O/c14-7-4-9-12(10(15)11(7)18)20-13(19-9)6-3-5(16)1-2-8(6)17/h1-4H,18H2. The Morgan fingerprint density at radius 3 is 2.65 bits per heavy atom. The predicted molar refractivity (Wildman–Crippen MR) is 89.3 cm³/mol. The lowest BCUT2D eigenvalue weighted by Crippen LogP contribution is -1.88. The summed E-state index contributed by atoms with van der Waals surface area (Å²) in [5, 5.41) is 1.08. The first-order chi connectivity index (χ1) is 9.47. The van der Waals surface area contributed by atoms with Gasteiger partial charge >= 0.3 is 0 Å². The van der Waals surface area contributed by atoms with Crippen LogP contribution in [0.15, 0.2) is 37.6 Å². The van der Waals surface area contributed by atoms with Crippen LogP contribution in [-0.2, 0) is 0 Å². The molecule has 7 heteroatoms. The van der Waals surface area contributed by atoms with E-state index in [0.717, 1.165) is 4.47 Å². The Morgan fingerprint density at radius 2 is 1.90 bits per heavy atom. The summed E-state index contributed by atoms with van der Waals surface area (Å²) in [5.41, 5.74) is 8.35. The molecule has 2 aromatic carbocycles. The highest BCUT2D eigenvalue weighted by atomic mass is 79.9. The molecule has 3 aromatic rings. The Kier molecular flexibility index (Phi) is 3.71. The number of hydrogen-bond donors (Lipinski definition) is 1. The number of hydrogen-bond acceptors (Lipinski definition) is 3. The highest BCUT2D eigenvalue weighted by Gasteiger charge is 2.17. The first kappa shape index (κ1) is 14.2. The molecule has 0 aliphatic carbocycles. The number of anilines is 1. The Hall–Kier alpha value is -0.750. The minimum atomic E-state index is 0.394. The van der Waals surface area contributed by atoms with Gasteiger partial charge in [-0.25, -0.2) is 4.98 Å². The van der Waals surface area contributed by atoms with Crippen LogP contribution in [-0.4, -0.2) is 4.98 Å². The minimum absolute atomic E-state index is 0.394. The molecule has 2 N–H and O–H groups in total. The third kappa shape index (κ3) is 2.33. The van der Waals surface area contributed by atoms with E-state index in [4.69, 9.17) is 33.4 Å². The number of rotatable bonds is 1. The molecule has 0 amide bonds. The van der Waals surface area contributed by atoms with Crippen molar-refractivity contribution in [2.24, 2.45) is 0 Å². The second-order valence-corrected chi connectivity index (χ2v) is 6.57. The van der Waals surface area contributed by atoms with Gasteiger partial charge < -0.3 is 10.2 Å². The molecule has 3 nitrogen and oxygen atoms in total. The number of oxazole rings is 1. The van der Waals surface area contributed by atoms with Gasteiger partial charge in [0.15, 0.2) is 5.58 Å². The number of halogens is 4. The van der Waals surface area contributed by atoms with E-state index in [0.29, 0.717) is 42.8 Å².